The topological polar surface area (TPSA) is 38.3 Å². The molecular weight excluding hydrogens is 410 g/mol. The van der Waals surface area contributed by atoms with Gasteiger partial charge in [0.15, 0.2) is 0 Å². The third kappa shape index (κ3) is 16.4. The van der Waals surface area contributed by atoms with Crippen LogP contribution in [0.1, 0.15) is 107 Å². The monoisotopic (exact) mass is 461 g/mol. The Morgan fingerprint density at radius 3 is 1.59 bits per heavy atom. The average molecular weight is 462 g/mol. The highest BCUT2D eigenvalue weighted by Gasteiger charge is 2.11. The number of hydrogen-bond acceptors (Lipinski definition) is 3. The van der Waals surface area contributed by atoms with Crippen LogP contribution in [-0.2, 0) is 4.74 Å². The molecule has 0 saturated heterocycles. The van der Waals surface area contributed by atoms with Crippen LogP contribution in [0.15, 0.2) is 24.3 Å². The minimum Gasteiger partial charge on any atom is -0.462 e. The van der Waals surface area contributed by atoms with E-state index in [1.54, 1.807) is 0 Å². The van der Waals surface area contributed by atoms with Crippen LogP contribution in [0.3, 0.4) is 0 Å². The van der Waals surface area contributed by atoms with Crippen molar-refractivity contribution >= 4 is 19.7 Å². The number of benzene rings is 1. The molecule has 0 amide bonds. The minimum absolute atomic E-state index is 0.248. The first-order valence-electron chi connectivity index (χ1n) is 13.4. The zero-order chi connectivity index (χ0) is 23.5. The fraction of sp³-hybridized carbons (Fsp3) is 0.750. The average Bonchev–Trinajstić information content (AvgIpc) is 2.75. The quantitative estimate of drug-likeness (QED) is 0.119. The molecule has 0 spiro atoms. The highest BCUT2D eigenvalue weighted by molar-refractivity contribution is 6.76. The van der Waals surface area contributed by atoms with Crippen LogP contribution in [0.25, 0.3) is 0 Å². The molecule has 0 bridgehead atoms. The molecule has 1 N–H and O–H groups in total. The summed E-state index contributed by atoms with van der Waals surface area (Å²) in [4.78, 5) is 11.7. The van der Waals surface area contributed by atoms with Crippen molar-refractivity contribution in [3.05, 3.63) is 29.8 Å². The zero-order valence-electron chi connectivity index (χ0n) is 21.6. The van der Waals surface area contributed by atoms with Gasteiger partial charge in [0.2, 0.25) is 0 Å². The molecule has 0 heterocycles. The number of nitrogens with one attached hydrogen (secondary N) is 1. The SMILES string of the molecule is CCOC(=O)c1ccc(NCCCCCCCCCCCCCCCC[Si](C)(C)C)cc1. The van der Waals surface area contributed by atoms with E-state index < -0.39 is 8.07 Å². The van der Waals surface area contributed by atoms with Crippen molar-refractivity contribution in [2.45, 2.75) is 123 Å². The Balaban J connectivity index is 1.83. The molecule has 0 fully saturated rings. The van der Waals surface area contributed by atoms with Gasteiger partial charge >= 0.3 is 5.97 Å². The molecule has 0 atom stereocenters. The van der Waals surface area contributed by atoms with E-state index in [4.69, 9.17) is 4.74 Å². The minimum atomic E-state index is -0.802. The Labute approximate surface area is 200 Å². The summed E-state index contributed by atoms with van der Waals surface area (Å²) in [6.07, 6.45) is 19.7. The van der Waals surface area contributed by atoms with Crippen molar-refractivity contribution in [2.24, 2.45) is 0 Å². The highest BCUT2D eigenvalue weighted by Crippen LogP contribution is 2.17. The van der Waals surface area contributed by atoms with Crippen LogP contribution in [0, 0.1) is 0 Å². The Bertz CT molecular complexity index is 580. The smallest absolute Gasteiger partial charge is 0.338 e. The molecule has 1 aromatic rings. The summed E-state index contributed by atoms with van der Waals surface area (Å²) in [7, 11) is -0.802. The van der Waals surface area contributed by atoms with Gasteiger partial charge in [-0.15, -0.1) is 0 Å². The van der Waals surface area contributed by atoms with Crippen molar-refractivity contribution in [2.75, 3.05) is 18.5 Å². The van der Waals surface area contributed by atoms with E-state index in [1.807, 2.05) is 31.2 Å². The van der Waals surface area contributed by atoms with Gasteiger partial charge < -0.3 is 10.1 Å². The number of ether oxygens (including phenoxy) is 1. The van der Waals surface area contributed by atoms with Crippen molar-refractivity contribution in [1.82, 2.24) is 0 Å². The highest BCUT2D eigenvalue weighted by atomic mass is 28.3. The van der Waals surface area contributed by atoms with Gasteiger partial charge in [-0.05, 0) is 37.6 Å². The van der Waals surface area contributed by atoms with E-state index in [0.717, 1.165) is 12.2 Å². The molecule has 0 aliphatic carbocycles. The van der Waals surface area contributed by atoms with Gasteiger partial charge in [0, 0.05) is 20.3 Å². The van der Waals surface area contributed by atoms with Crippen LogP contribution < -0.4 is 5.32 Å². The lowest BCUT2D eigenvalue weighted by molar-refractivity contribution is 0.0526. The van der Waals surface area contributed by atoms with Gasteiger partial charge in [-0.2, -0.15) is 0 Å². The molecular formula is C28H51NO2Si. The Morgan fingerprint density at radius 2 is 1.16 bits per heavy atom. The molecule has 184 valence electrons. The maximum atomic E-state index is 11.7. The van der Waals surface area contributed by atoms with Gasteiger partial charge in [0.25, 0.3) is 0 Å². The summed E-state index contributed by atoms with van der Waals surface area (Å²) < 4.78 is 5.01. The first kappa shape index (κ1) is 28.7. The number of unbranched alkanes of at least 4 members (excludes halogenated alkanes) is 13. The lowest BCUT2D eigenvalue weighted by Crippen LogP contribution is -2.18. The molecule has 0 radical (unpaired) electrons. The number of esters is 1. The maximum absolute atomic E-state index is 11.7. The molecule has 4 heteroatoms. The number of carbonyl (C=O) groups is 1. The molecule has 0 aliphatic heterocycles. The second kappa shape index (κ2) is 18.2. The molecule has 0 unspecified atom stereocenters. The van der Waals surface area contributed by atoms with Crippen LogP contribution in [0.2, 0.25) is 25.7 Å². The van der Waals surface area contributed by atoms with Crippen LogP contribution in [0.5, 0.6) is 0 Å². The largest absolute Gasteiger partial charge is 0.462 e. The Morgan fingerprint density at radius 1 is 0.719 bits per heavy atom. The Kier molecular flexibility index (Phi) is 16.3. The molecule has 1 rings (SSSR count). The summed E-state index contributed by atoms with van der Waals surface area (Å²) in [5.74, 6) is -0.248. The number of carbonyl (C=O) groups excluding carboxylic acids is 1. The summed E-state index contributed by atoms with van der Waals surface area (Å²) >= 11 is 0. The molecule has 0 aromatic heterocycles. The molecule has 3 nitrogen and oxygen atoms in total. The first-order chi connectivity index (χ1) is 15.4. The standard InChI is InChI=1S/C28H51NO2Si/c1-5-31-28(30)26-20-22-27(23-21-26)29-24-18-16-14-12-10-8-6-7-9-11-13-15-17-19-25-32(2,3)4/h20-23,29H,5-19,24-25H2,1-4H3. The van der Waals surface area contributed by atoms with Crippen molar-refractivity contribution < 1.29 is 9.53 Å². The van der Waals surface area contributed by atoms with E-state index in [0.29, 0.717) is 12.2 Å². The van der Waals surface area contributed by atoms with E-state index in [-0.39, 0.29) is 5.97 Å². The van der Waals surface area contributed by atoms with Crippen LogP contribution in [0.4, 0.5) is 5.69 Å². The lowest BCUT2D eigenvalue weighted by atomic mass is 10.0. The van der Waals surface area contributed by atoms with E-state index in [9.17, 15) is 4.79 Å². The van der Waals surface area contributed by atoms with Crippen molar-refractivity contribution in [3.8, 4) is 0 Å². The number of rotatable bonds is 20. The third-order valence-electron chi connectivity index (χ3n) is 6.08. The Hall–Kier alpha value is -1.29. The lowest BCUT2D eigenvalue weighted by Gasteiger charge is -2.14. The van der Waals surface area contributed by atoms with Gasteiger partial charge in [-0.25, -0.2) is 4.79 Å². The number of anilines is 1. The fourth-order valence-corrected chi connectivity index (χ4v) is 5.38. The summed E-state index contributed by atoms with van der Waals surface area (Å²) in [6.45, 7) is 10.7. The summed E-state index contributed by atoms with van der Waals surface area (Å²) in [6, 6.07) is 9.09. The normalized spacial score (nSPS) is 11.5. The zero-order valence-corrected chi connectivity index (χ0v) is 22.6. The van der Waals surface area contributed by atoms with E-state index >= 15 is 0 Å². The molecule has 0 aliphatic rings. The summed E-state index contributed by atoms with van der Waals surface area (Å²) in [5.41, 5.74) is 1.69. The molecule has 1 aromatic carbocycles. The van der Waals surface area contributed by atoms with E-state index in [1.165, 1.54) is 95.9 Å². The summed E-state index contributed by atoms with van der Waals surface area (Å²) in [5, 5.41) is 3.45. The second-order valence-electron chi connectivity index (χ2n) is 10.5. The van der Waals surface area contributed by atoms with Gasteiger partial charge in [0.1, 0.15) is 0 Å². The van der Waals surface area contributed by atoms with E-state index in [2.05, 4.69) is 25.0 Å². The molecule has 32 heavy (non-hydrogen) atoms. The maximum Gasteiger partial charge on any atom is 0.338 e. The predicted octanol–water partition coefficient (Wildman–Crippen LogP) is 9.07. The molecule has 0 saturated carbocycles. The first-order valence-corrected chi connectivity index (χ1v) is 17.1. The van der Waals surface area contributed by atoms with Crippen LogP contribution in [-0.4, -0.2) is 27.2 Å². The number of hydrogen-bond donors (Lipinski definition) is 1. The van der Waals surface area contributed by atoms with Crippen molar-refractivity contribution in [3.63, 3.8) is 0 Å². The van der Waals surface area contributed by atoms with Crippen molar-refractivity contribution in [1.29, 1.82) is 0 Å². The van der Waals surface area contributed by atoms with Crippen LogP contribution >= 0.6 is 0 Å². The predicted molar refractivity (Wildman–Crippen MR) is 144 cm³/mol. The third-order valence-corrected chi connectivity index (χ3v) is 7.93. The van der Waals surface area contributed by atoms with Gasteiger partial charge in [-0.3, -0.25) is 0 Å². The second-order valence-corrected chi connectivity index (χ2v) is 16.1. The van der Waals surface area contributed by atoms with Gasteiger partial charge in [0.05, 0.1) is 12.2 Å². The van der Waals surface area contributed by atoms with Gasteiger partial charge in [-0.1, -0.05) is 109 Å². The fourth-order valence-electron chi connectivity index (χ4n) is 4.07.